The van der Waals surface area contributed by atoms with Crippen molar-refractivity contribution in [3.63, 3.8) is 0 Å². The molecule has 2 aromatic rings. The molecule has 0 fully saturated rings. The number of benzene rings is 1. The fourth-order valence-electron chi connectivity index (χ4n) is 1.77. The predicted molar refractivity (Wildman–Crippen MR) is 71.8 cm³/mol. The highest BCUT2D eigenvalue weighted by molar-refractivity contribution is 5.34. The Morgan fingerprint density at radius 3 is 2.95 bits per heavy atom. The van der Waals surface area contributed by atoms with Crippen molar-refractivity contribution in [2.75, 3.05) is 6.54 Å². The van der Waals surface area contributed by atoms with E-state index in [0.29, 0.717) is 24.0 Å². The van der Waals surface area contributed by atoms with E-state index in [0.717, 1.165) is 18.5 Å². The van der Waals surface area contributed by atoms with Gasteiger partial charge in [0, 0.05) is 19.0 Å². The highest BCUT2D eigenvalue weighted by atomic mass is 19.1. The second-order valence-electron chi connectivity index (χ2n) is 4.45. The van der Waals surface area contributed by atoms with E-state index < -0.39 is 0 Å². The molecule has 0 aliphatic heterocycles. The molecule has 0 saturated heterocycles. The summed E-state index contributed by atoms with van der Waals surface area (Å²) in [7, 11) is 0. The summed E-state index contributed by atoms with van der Waals surface area (Å²) < 4.78 is 23.8. The van der Waals surface area contributed by atoms with Crippen molar-refractivity contribution in [1.29, 1.82) is 0 Å². The number of hydrogen-bond donors (Lipinski definition) is 1. The Morgan fingerprint density at radius 2 is 2.25 bits per heavy atom. The first-order valence-electron chi connectivity index (χ1n) is 6.60. The lowest BCUT2D eigenvalue weighted by molar-refractivity contribution is 0.282. The summed E-state index contributed by atoms with van der Waals surface area (Å²) in [5.74, 6) is 1.31. The van der Waals surface area contributed by atoms with Gasteiger partial charge in [-0.2, -0.15) is 4.98 Å². The summed E-state index contributed by atoms with van der Waals surface area (Å²) in [6.07, 6.45) is 1.02. The van der Waals surface area contributed by atoms with Crippen LogP contribution in [0.5, 0.6) is 5.75 Å². The van der Waals surface area contributed by atoms with Crippen LogP contribution in [0.2, 0.25) is 0 Å². The molecular formula is C14H18FN3O2. The minimum Gasteiger partial charge on any atom is -0.485 e. The fourth-order valence-corrected chi connectivity index (χ4v) is 1.77. The molecule has 0 aliphatic rings. The number of aromatic nitrogens is 2. The fraction of sp³-hybridized carbons (Fsp3) is 0.429. The van der Waals surface area contributed by atoms with Gasteiger partial charge in [-0.25, -0.2) is 4.39 Å². The zero-order chi connectivity index (χ0) is 14.4. The smallest absolute Gasteiger partial charge is 0.223 e. The summed E-state index contributed by atoms with van der Waals surface area (Å²) in [6, 6.07) is 4.46. The lowest BCUT2D eigenvalue weighted by atomic mass is 10.2. The number of aryl methyl sites for hydroxylation is 1. The number of nitrogens with zero attached hydrogens (tertiary/aromatic N) is 2. The van der Waals surface area contributed by atoms with Gasteiger partial charge in [0.25, 0.3) is 0 Å². The average Bonchev–Trinajstić information content (AvgIpc) is 2.84. The molecule has 2 rings (SSSR count). The summed E-state index contributed by atoms with van der Waals surface area (Å²) in [5.41, 5.74) is 0.777. The van der Waals surface area contributed by atoms with E-state index in [9.17, 15) is 4.39 Å². The molecular weight excluding hydrogens is 261 g/mol. The van der Waals surface area contributed by atoms with E-state index in [1.807, 2.05) is 0 Å². The predicted octanol–water partition coefficient (Wildman–Crippen LogP) is 2.60. The monoisotopic (exact) mass is 279 g/mol. The Hall–Kier alpha value is -1.95. The van der Waals surface area contributed by atoms with E-state index in [1.165, 1.54) is 12.1 Å². The van der Waals surface area contributed by atoms with Crippen molar-refractivity contribution < 1.29 is 13.7 Å². The van der Waals surface area contributed by atoms with Crippen molar-refractivity contribution in [3.05, 3.63) is 41.3 Å². The number of hydrogen-bond acceptors (Lipinski definition) is 5. The van der Waals surface area contributed by atoms with Gasteiger partial charge in [-0.3, -0.25) is 0 Å². The van der Waals surface area contributed by atoms with Crippen molar-refractivity contribution in [3.8, 4) is 5.75 Å². The minimum atomic E-state index is -0.277. The van der Waals surface area contributed by atoms with Crippen LogP contribution in [0.15, 0.2) is 22.7 Å². The lowest BCUT2D eigenvalue weighted by Crippen LogP contribution is -2.15. The first kappa shape index (κ1) is 14.5. The van der Waals surface area contributed by atoms with Gasteiger partial charge in [-0.15, -0.1) is 0 Å². The number of nitrogens with one attached hydrogen (secondary N) is 1. The number of ether oxygens (including phenoxy) is 1. The topological polar surface area (TPSA) is 60.2 Å². The van der Waals surface area contributed by atoms with Gasteiger partial charge in [0.2, 0.25) is 11.7 Å². The van der Waals surface area contributed by atoms with E-state index >= 15 is 0 Å². The molecule has 0 bridgehead atoms. The van der Waals surface area contributed by atoms with Gasteiger partial charge in [0.05, 0.1) is 0 Å². The van der Waals surface area contributed by atoms with Crippen molar-refractivity contribution in [2.45, 2.75) is 33.4 Å². The zero-order valence-corrected chi connectivity index (χ0v) is 11.6. The Labute approximate surface area is 117 Å². The highest BCUT2D eigenvalue weighted by Crippen LogP contribution is 2.20. The first-order valence-corrected chi connectivity index (χ1v) is 6.60. The average molecular weight is 279 g/mol. The maximum atomic E-state index is 13.3. The Balaban J connectivity index is 2.01. The maximum Gasteiger partial charge on any atom is 0.223 e. The minimum absolute atomic E-state index is 0.198. The lowest BCUT2D eigenvalue weighted by Gasteiger charge is -2.11. The van der Waals surface area contributed by atoms with Crippen molar-refractivity contribution in [1.82, 2.24) is 15.5 Å². The molecule has 6 heteroatoms. The molecule has 20 heavy (non-hydrogen) atoms. The molecule has 0 atom stereocenters. The number of rotatable bonds is 7. The molecule has 0 unspecified atom stereocenters. The summed E-state index contributed by atoms with van der Waals surface area (Å²) in [4.78, 5) is 4.06. The van der Waals surface area contributed by atoms with E-state index in [-0.39, 0.29) is 12.4 Å². The van der Waals surface area contributed by atoms with Gasteiger partial charge in [-0.05, 0) is 31.2 Å². The second kappa shape index (κ2) is 7.00. The van der Waals surface area contributed by atoms with Crippen LogP contribution in [0.3, 0.4) is 0 Å². The van der Waals surface area contributed by atoms with Crippen LogP contribution >= 0.6 is 0 Å². The quantitative estimate of drug-likeness (QED) is 0.789. The normalized spacial score (nSPS) is 10.8. The molecule has 1 heterocycles. The van der Waals surface area contributed by atoms with Gasteiger partial charge in [-0.1, -0.05) is 12.1 Å². The summed E-state index contributed by atoms with van der Waals surface area (Å²) >= 11 is 0. The number of halogens is 1. The second-order valence-corrected chi connectivity index (χ2v) is 4.45. The SMILES string of the molecule is CCCNCc1cc(F)ccc1OCc1noc(C)n1. The van der Waals surface area contributed by atoms with Gasteiger partial charge < -0.3 is 14.6 Å². The van der Waals surface area contributed by atoms with Crippen LogP contribution < -0.4 is 10.1 Å². The molecule has 0 spiro atoms. The summed E-state index contributed by atoms with van der Waals surface area (Å²) in [6.45, 7) is 5.43. The van der Waals surface area contributed by atoms with Crippen LogP contribution in [-0.2, 0) is 13.2 Å². The molecule has 0 saturated carbocycles. The Bertz CT molecular complexity index is 557. The summed E-state index contributed by atoms with van der Waals surface area (Å²) in [5, 5.41) is 6.98. The van der Waals surface area contributed by atoms with E-state index in [2.05, 4.69) is 22.4 Å². The Kier molecular flexibility index (Phi) is 5.06. The van der Waals surface area contributed by atoms with Crippen LogP contribution in [0.4, 0.5) is 4.39 Å². The first-order chi connectivity index (χ1) is 9.69. The van der Waals surface area contributed by atoms with Crippen molar-refractivity contribution >= 4 is 0 Å². The van der Waals surface area contributed by atoms with Crippen LogP contribution in [0, 0.1) is 12.7 Å². The van der Waals surface area contributed by atoms with E-state index in [1.54, 1.807) is 13.0 Å². The molecule has 1 N–H and O–H groups in total. The molecule has 0 radical (unpaired) electrons. The largest absolute Gasteiger partial charge is 0.485 e. The molecule has 1 aromatic heterocycles. The molecule has 5 nitrogen and oxygen atoms in total. The molecule has 0 aliphatic carbocycles. The third kappa shape index (κ3) is 4.03. The van der Waals surface area contributed by atoms with Crippen LogP contribution in [0.1, 0.15) is 30.6 Å². The van der Waals surface area contributed by atoms with Gasteiger partial charge >= 0.3 is 0 Å². The molecule has 1 aromatic carbocycles. The van der Waals surface area contributed by atoms with Gasteiger partial charge in [0.1, 0.15) is 11.6 Å². The van der Waals surface area contributed by atoms with Crippen LogP contribution in [-0.4, -0.2) is 16.7 Å². The van der Waals surface area contributed by atoms with Gasteiger partial charge in [0.15, 0.2) is 6.61 Å². The third-order valence-electron chi connectivity index (χ3n) is 2.69. The Morgan fingerprint density at radius 1 is 1.40 bits per heavy atom. The highest BCUT2D eigenvalue weighted by Gasteiger charge is 2.08. The molecule has 0 amide bonds. The van der Waals surface area contributed by atoms with E-state index in [4.69, 9.17) is 9.26 Å². The molecule has 108 valence electrons. The maximum absolute atomic E-state index is 13.3. The third-order valence-corrected chi connectivity index (χ3v) is 2.69. The van der Waals surface area contributed by atoms with Crippen LogP contribution in [0.25, 0.3) is 0 Å². The zero-order valence-electron chi connectivity index (χ0n) is 11.6. The van der Waals surface area contributed by atoms with Crippen molar-refractivity contribution in [2.24, 2.45) is 0 Å². The standard InChI is InChI=1S/C14H18FN3O2/c1-3-6-16-8-11-7-12(15)4-5-13(11)19-9-14-17-10(2)20-18-14/h4-5,7,16H,3,6,8-9H2,1-2H3.